The van der Waals surface area contributed by atoms with Gasteiger partial charge < -0.3 is 14.6 Å². The van der Waals surface area contributed by atoms with E-state index >= 15 is 0 Å². The van der Waals surface area contributed by atoms with E-state index in [-0.39, 0.29) is 23.9 Å². The standard InChI is InChI=1S/C20H26BrN5O3/c1-13(2)29-11-5-10-22-19-23-17-16(24(19)3)18(27)26(20(28)25(17)4)12-14-6-8-15(21)9-7-14/h6-9,13H,5,10-12H2,1-4H3,(H,22,23). The third-order valence-corrected chi connectivity index (χ3v) is 5.20. The van der Waals surface area contributed by atoms with E-state index in [9.17, 15) is 9.59 Å². The van der Waals surface area contributed by atoms with Gasteiger partial charge in [0.05, 0.1) is 12.6 Å². The van der Waals surface area contributed by atoms with Crippen molar-refractivity contribution in [2.75, 3.05) is 18.5 Å². The minimum atomic E-state index is -0.389. The van der Waals surface area contributed by atoms with Crippen molar-refractivity contribution < 1.29 is 4.74 Å². The fraction of sp³-hybridized carbons (Fsp3) is 0.450. The van der Waals surface area contributed by atoms with E-state index in [0.717, 1.165) is 16.5 Å². The summed E-state index contributed by atoms with van der Waals surface area (Å²) in [5.74, 6) is 0.554. The quantitative estimate of drug-likeness (QED) is 0.518. The number of hydrogen-bond acceptors (Lipinski definition) is 5. The molecule has 0 amide bonds. The van der Waals surface area contributed by atoms with Crippen LogP contribution in [-0.2, 0) is 25.4 Å². The first kappa shape index (κ1) is 21.3. The zero-order chi connectivity index (χ0) is 21.1. The van der Waals surface area contributed by atoms with Crippen molar-refractivity contribution in [1.29, 1.82) is 0 Å². The molecule has 1 aromatic carbocycles. The molecule has 29 heavy (non-hydrogen) atoms. The van der Waals surface area contributed by atoms with Crippen molar-refractivity contribution in [3.8, 4) is 0 Å². The molecular weight excluding hydrogens is 438 g/mol. The number of fused-ring (bicyclic) bond motifs is 1. The first-order valence-corrected chi connectivity index (χ1v) is 10.3. The van der Waals surface area contributed by atoms with Gasteiger partial charge in [-0.3, -0.25) is 13.9 Å². The predicted molar refractivity (Wildman–Crippen MR) is 118 cm³/mol. The second kappa shape index (κ2) is 8.96. The molecule has 0 atom stereocenters. The summed E-state index contributed by atoms with van der Waals surface area (Å²) in [5, 5.41) is 3.23. The van der Waals surface area contributed by atoms with Crippen molar-refractivity contribution in [1.82, 2.24) is 18.7 Å². The molecule has 2 aromatic heterocycles. The highest BCUT2D eigenvalue weighted by Crippen LogP contribution is 2.14. The Kier molecular flexibility index (Phi) is 6.59. The Morgan fingerprint density at radius 1 is 1.14 bits per heavy atom. The zero-order valence-corrected chi connectivity index (χ0v) is 18.7. The highest BCUT2D eigenvalue weighted by atomic mass is 79.9. The highest BCUT2D eigenvalue weighted by Gasteiger charge is 2.18. The van der Waals surface area contributed by atoms with Crippen molar-refractivity contribution in [3.63, 3.8) is 0 Å². The molecule has 0 saturated carbocycles. The number of nitrogens with zero attached hydrogens (tertiary/aromatic N) is 4. The average Bonchev–Trinajstić information content (AvgIpc) is 3.01. The second-order valence-corrected chi connectivity index (χ2v) is 8.14. The van der Waals surface area contributed by atoms with Crippen LogP contribution in [0, 0.1) is 0 Å². The van der Waals surface area contributed by atoms with Crippen LogP contribution >= 0.6 is 15.9 Å². The molecule has 1 N–H and O–H groups in total. The molecule has 8 nitrogen and oxygen atoms in total. The molecule has 156 valence electrons. The third-order valence-electron chi connectivity index (χ3n) is 4.67. The molecule has 0 saturated heterocycles. The van der Waals surface area contributed by atoms with E-state index in [4.69, 9.17) is 4.74 Å². The van der Waals surface area contributed by atoms with E-state index in [0.29, 0.717) is 30.3 Å². The van der Waals surface area contributed by atoms with Crippen molar-refractivity contribution in [3.05, 3.63) is 55.1 Å². The summed E-state index contributed by atoms with van der Waals surface area (Å²) in [7, 11) is 3.41. The van der Waals surface area contributed by atoms with Crippen LogP contribution in [0.3, 0.4) is 0 Å². The predicted octanol–water partition coefficient (Wildman–Crippen LogP) is 2.47. The molecule has 0 aliphatic heterocycles. The summed E-state index contributed by atoms with van der Waals surface area (Å²) in [6.45, 7) is 5.50. The maximum absolute atomic E-state index is 13.1. The Morgan fingerprint density at radius 3 is 2.48 bits per heavy atom. The normalized spacial score (nSPS) is 11.5. The maximum Gasteiger partial charge on any atom is 0.332 e. The van der Waals surface area contributed by atoms with E-state index in [2.05, 4.69) is 26.2 Å². The number of aromatic nitrogens is 4. The zero-order valence-electron chi connectivity index (χ0n) is 17.1. The lowest BCUT2D eigenvalue weighted by Gasteiger charge is -2.09. The molecule has 0 aliphatic rings. The molecule has 0 fully saturated rings. The number of hydrogen-bond donors (Lipinski definition) is 1. The number of benzene rings is 1. The van der Waals surface area contributed by atoms with Gasteiger partial charge in [0, 0.05) is 31.7 Å². The minimum absolute atomic E-state index is 0.199. The lowest BCUT2D eigenvalue weighted by atomic mass is 10.2. The Morgan fingerprint density at radius 2 is 1.83 bits per heavy atom. The van der Waals surface area contributed by atoms with Crippen LogP contribution in [-0.4, -0.2) is 37.9 Å². The monoisotopic (exact) mass is 463 g/mol. The summed E-state index contributed by atoms with van der Waals surface area (Å²) in [6.07, 6.45) is 1.01. The van der Waals surface area contributed by atoms with Crippen LogP contribution in [0.15, 0.2) is 38.3 Å². The minimum Gasteiger partial charge on any atom is -0.379 e. The number of rotatable bonds is 8. The van der Waals surface area contributed by atoms with Gasteiger partial charge in [0.15, 0.2) is 11.2 Å². The van der Waals surface area contributed by atoms with Gasteiger partial charge in [-0.1, -0.05) is 28.1 Å². The van der Waals surface area contributed by atoms with E-state index < -0.39 is 0 Å². The van der Waals surface area contributed by atoms with Crippen LogP contribution < -0.4 is 16.6 Å². The maximum atomic E-state index is 13.1. The molecule has 0 aliphatic carbocycles. The summed E-state index contributed by atoms with van der Waals surface area (Å²) in [5.41, 5.74) is 0.899. The van der Waals surface area contributed by atoms with Gasteiger partial charge in [-0.15, -0.1) is 0 Å². The van der Waals surface area contributed by atoms with Crippen LogP contribution in [0.5, 0.6) is 0 Å². The van der Waals surface area contributed by atoms with E-state index in [1.54, 1.807) is 18.7 Å². The number of anilines is 1. The van der Waals surface area contributed by atoms with Gasteiger partial charge in [-0.2, -0.15) is 4.98 Å². The Labute approximate surface area is 177 Å². The molecule has 3 rings (SSSR count). The molecule has 2 heterocycles. The number of halogens is 1. The Bertz CT molecular complexity index is 1110. The fourth-order valence-corrected chi connectivity index (χ4v) is 3.37. The number of ether oxygens (including phenoxy) is 1. The molecule has 0 spiro atoms. The van der Waals surface area contributed by atoms with Gasteiger partial charge >= 0.3 is 5.69 Å². The van der Waals surface area contributed by atoms with Gasteiger partial charge in [-0.25, -0.2) is 4.79 Å². The number of aryl methyl sites for hydroxylation is 2. The molecule has 9 heteroatoms. The van der Waals surface area contributed by atoms with Gasteiger partial charge in [0.1, 0.15) is 0 Å². The van der Waals surface area contributed by atoms with Crippen LogP contribution in [0.2, 0.25) is 0 Å². The lowest BCUT2D eigenvalue weighted by molar-refractivity contribution is 0.0787. The molecule has 0 bridgehead atoms. The molecule has 0 unspecified atom stereocenters. The smallest absolute Gasteiger partial charge is 0.332 e. The Hall–Kier alpha value is -2.39. The van der Waals surface area contributed by atoms with Gasteiger partial charge in [-0.05, 0) is 38.0 Å². The Balaban J connectivity index is 1.91. The average molecular weight is 464 g/mol. The number of nitrogens with one attached hydrogen (secondary N) is 1. The lowest BCUT2D eigenvalue weighted by Crippen LogP contribution is -2.39. The van der Waals surface area contributed by atoms with Crippen molar-refractivity contribution in [2.45, 2.75) is 32.9 Å². The highest BCUT2D eigenvalue weighted by molar-refractivity contribution is 9.10. The van der Waals surface area contributed by atoms with Crippen LogP contribution in [0.1, 0.15) is 25.8 Å². The molecule has 0 radical (unpaired) electrons. The topological polar surface area (TPSA) is 83.1 Å². The van der Waals surface area contributed by atoms with Gasteiger partial charge in [0.25, 0.3) is 5.56 Å². The summed E-state index contributed by atoms with van der Waals surface area (Å²) in [6, 6.07) is 7.54. The van der Waals surface area contributed by atoms with E-state index in [1.165, 1.54) is 9.13 Å². The summed E-state index contributed by atoms with van der Waals surface area (Å²) in [4.78, 5) is 30.4. The largest absolute Gasteiger partial charge is 0.379 e. The van der Waals surface area contributed by atoms with Crippen LogP contribution in [0.4, 0.5) is 5.95 Å². The van der Waals surface area contributed by atoms with Crippen molar-refractivity contribution in [2.24, 2.45) is 14.1 Å². The second-order valence-electron chi connectivity index (χ2n) is 7.23. The first-order chi connectivity index (χ1) is 13.8. The SMILES string of the molecule is CC(C)OCCCNc1nc2c(c(=O)n(Cc3ccc(Br)cc3)c(=O)n2C)n1C. The van der Waals surface area contributed by atoms with Crippen molar-refractivity contribution >= 4 is 33.0 Å². The summed E-state index contributed by atoms with van der Waals surface area (Å²) < 4.78 is 10.8. The third kappa shape index (κ3) is 4.62. The fourth-order valence-electron chi connectivity index (χ4n) is 3.10. The van der Waals surface area contributed by atoms with Gasteiger partial charge in [0.2, 0.25) is 5.95 Å². The van der Waals surface area contributed by atoms with Crippen LogP contribution in [0.25, 0.3) is 11.2 Å². The summed E-state index contributed by atoms with van der Waals surface area (Å²) >= 11 is 3.39. The molecule has 3 aromatic rings. The first-order valence-electron chi connectivity index (χ1n) is 9.55. The number of imidazole rings is 1. The molecular formula is C20H26BrN5O3. The van der Waals surface area contributed by atoms with E-state index in [1.807, 2.05) is 38.1 Å².